The number of nitrogens with one attached hydrogen (secondary N) is 1. The molecule has 1 heterocycles. The average molecular weight is 292 g/mol. The van der Waals surface area contributed by atoms with Crippen molar-refractivity contribution in [3.05, 3.63) is 12.2 Å². The maximum atomic E-state index is 4.41. The van der Waals surface area contributed by atoms with Crippen LogP contribution in [0.25, 0.3) is 0 Å². The quantitative estimate of drug-likeness (QED) is 0.799. The Kier molecular flexibility index (Phi) is 6.68. The summed E-state index contributed by atoms with van der Waals surface area (Å²) in [4.78, 5) is 4.41. The summed E-state index contributed by atoms with van der Waals surface area (Å²) >= 11 is 0. The molecule has 1 N–H and O–H groups in total. The minimum atomic E-state index is 0.565. The van der Waals surface area contributed by atoms with Gasteiger partial charge in [0.1, 0.15) is 12.2 Å². The van der Waals surface area contributed by atoms with Crippen molar-refractivity contribution in [1.29, 1.82) is 0 Å². The molecule has 1 atom stereocenters. The standard InChI is InChI=1S/C17H32N4/c1-4-6-14-7-9-15(10-8-14)16(18-11-5-2)12-17-19-13-20-21(17)3/h13-16,18H,4-12H2,1-3H3. The molecule has 0 aliphatic heterocycles. The van der Waals surface area contributed by atoms with Crippen LogP contribution in [-0.4, -0.2) is 27.4 Å². The zero-order valence-corrected chi connectivity index (χ0v) is 14.0. The highest BCUT2D eigenvalue weighted by atomic mass is 15.3. The third-order valence-corrected chi connectivity index (χ3v) is 5.02. The number of aromatic nitrogens is 3. The normalized spacial score (nSPS) is 24.1. The van der Waals surface area contributed by atoms with Gasteiger partial charge in [-0.1, -0.05) is 39.5 Å². The van der Waals surface area contributed by atoms with Crippen LogP contribution in [0.2, 0.25) is 0 Å². The summed E-state index contributed by atoms with van der Waals surface area (Å²) in [6.45, 7) is 5.66. The van der Waals surface area contributed by atoms with Crippen LogP contribution >= 0.6 is 0 Å². The number of nitrogens with zero attached hydrogens (tertiary/aromatic N) is 3. The summed E-state index contributed by atoms with van der Waals surface area (Å²) in [6, 6.07) is 0.565. The summed E-state index contributed by atoms with van der Waals surface area (Å²) in [5.74, 6) is 2.90. The topological polar surface area (TPSA) is 42.7 Å². The summed E-state index contributed by atoms with van der Waals surface area (Å²) < 4.78 is 1.92. The van der Waals surface area contributed by atoms with Crippen molar-refractivity contribution in [2.75, 3.05) is 6.54 Å². The van der Waals surface area contributed by atoms with Crippen molar-refractivity contribution >= 4 is 0 Å². The van der Waals surface area contributed by atoms with Crippen LogP contribution in [0.1, 0.15) is 64.6 Å². The van der Waals surface area contributed by atoms with Gasteiger partial charge in [-0.3, -0.25) is 4.68 Å². The minimum absolute atomic E-state index is 0.565. The van der Waals surface area contributed by atoms with E-state index in [0.29, 0.717) is 6.04 Å². The van der Waals surface area contributed by atoms with Crippen LogP contribution in [0.4, 0.5) is 0 Å². The number of rotatable bonds is 8. The van der Waals surface area contributed by atoms with E-state index < -0.39 is 0 Å². The van der Waals surface area contributed by atoms with Crippen LogP contribution in [0.3, 0.4) is 0 Å². The van der Waals surface area contributed by atoms with E-state index in [9.17, 15) is 0 Å². The predicted molar refractivity (Wildman–Crippen MR) is 87.1 cm³/mol. The maximum Gasteiger partial charge on any atom is 0.138 e. The van der Waals surface area contributed by atoms with Gasteiger partial charge in [-0.05, 0) is 37.6 Å². The molecular formula is C17H32N4. The Morgan fingerprint density at radius 1 is 1.24 bits per heavy atom. The van der Waals surface area contributed by atoms with Gasteiger partial charge in [0.15, 0.2) is 0 Å². The lowest BCUT2D eigenvalue weighted by atomic mass is 9.76. The fraction of sp³-hybridized carbons (Fsp3) is 0.882. The van der Waals surface area contributed by atoms with Gasteiger partial charge in [-0.15, -0.1) is 0 Å². The molecule has 4 heteroatoms. The molecule has 1 aromatic heterocycles. The molecule has 0 bridgehead atoms. The van der Waals surface area contributed by atoms with Crippen LogP contribution in [0, 0.1) is 11.8 Å². The van der Waals surface area contributed by atoms with Crippen LogP contribution in [0.15, 0.2) is 6.33 Å². The van der Waals surface area contributed by atoms with Gasteiger partial charge in [-0.25, -0.2) is 4.98 Å². The smallest absolute Gasteiger partial charge is 0.138 e. The summed E-state index contributed by atoms with van der Waals surface area (Å²) in [6.07, 6.45) is 12.2. The highest BCUT2D eigenvalue weighted by molar-refractivity contribution is 4.93. The second-order valence-corrected chi connectivity index (χ2v) is 6.63. The Morgan fingerprint density at radius 2 is 2.00 bits per heavy atom. The number of hydrogen-bond donors (Lipinski definition) is 1. The van der Waals surface area contributed by atoms with E-state index in [1.54, 1.807) is 6.33 Å². The molecular weight excluding hydrogens is 260 g/mol. The minimum Gasteiger partial charge on any atom is -0.313 e. The Balaban J connectivity index is 1.91. The highest BCUT2D eigenvalue weighted by Crippen LogP contribution is 2.34. The van der Waals surface area contributed by atoms with Gasteiger partial charge in [0.05, 0.1) is 0 Å². The molecule has 0 amide bonds. The predicted octanol–water partition coefficient (Wildman–Crippen LogP) is 3.33. The molecule has 1 aliphatic carbocycles. The van der Waals surface area contributed by atoms with E-state index in [1.165, 1.54) is 44.9 Å². The maximum absolute atomic E-state index is 4.41. The first-order valence-electron chi connectivity index (χ1n) is 8.80. The van der Waals surface area contributed by atoms with Gasteiger partial charge in [0, 0.05) is 19.5 Å². The molecule has 0 radical (unpaired) electrons. The zero-order valence-electron chi connectivity index (χ0n) is 14.0. The van der Waals surface area contributed by atoms with E-state index >= 15 is 0 Å². The molecule has 1 aromatic rings. The molecule has 0 saturated heterocycles. The molecule has 0 aromatic carbocycles. The van der Waals surface area contributed by atoms with Crippen molar-refractivity contribution in [2.45, 2.75) is 71.3 Å². The van der Waals surface area contributed by atoms with Crippen molar-refractivity contribution < 1.29 is 0 Å². The Bertz CT molecular complexity index is 393. The number of aryl methyl sites for hydroxylation is 1. The van der Waals surface area contributed by atoms with E-state index in [1.807, 2.05) is 11.7 Å². The summed E-state index contributed by atoms with van der Waals surface area (Å²) in [7, 11) is 2.00. The van der Waals surface area contributed by atoms with Crippen molar-refractivity contribution in [2.24, 2.45) is 18.9 Å². The molecule has 2 rings (SSSR count). The fourth-order valence-electron chi connectivity index (χ4n) is 3.72. The molecule has 1 saturated carbocycles. The van der Waals surface area contributed by atoms with Crippen molar-refractivity contribution in [3.8, 4) is 0 Å². The third-order valence-electron chi connectivity index (χ3n) is 5.02. The van der Waals surface area contributed by atoms with Crippen molar-refractivity contribution in [1.82, 2.24) is 20.1 Å². The van der Waals surface area contributed by atoms with E-state index in [2.05, 4.69) is 29.2 Å². The molecule has 21 heavy (non-hydrogen) atoms. The van der Waals surface area contributed by atoms with Gasteiger partial charge >= 0.3 is 0 Å². The van der Waals surface area contributed by atoms with E-state index in [4.69, 9.17) is 0 Å². The van der Waals surface area contributed by atoms with Gasteiger partial charge < -0.3 is 5.32 Å². The third kappa shape index (κ3) is 4.80. The Hall–Kier alpha value is -0.900. The Labute approximate surface area is 129 Å². The summed E-state index contributed by atoms with van der Waals surface area (Å²) in [5.41, 5.74) is 0. The van der Waals surface area contributed by atoms with E-state index in [0.717, 1.165) is 30.6 Å². The second kappa shape index (κ2) is 8.52. The van der Waals surface area contributed by atoms with Crippen LogP contribution < -0.4 is 5.32 Å². The number of hydrogen-bond acceptors (Lipinski definition) is 3. The monoisotopic (exact) mass is 292 g/mol. The lowest BCUT2D eigenvalue weighted by Gasteiger charge is -2.34. The second-order valence-electron chi connectivity index (χ2n) is 6.63. The first-order chi connectivity index (χ1) is 10.2. The lowest BCUT2D eigenvalue weighted by Crippen LogP contribution is -2.40. The zero-order chi connectivity index (χ0) is 15.1. The average Bonchev–Trinajstić information content (AvgIpc) is 2.90. The van der Waals surface area contributed by atoms with E-state index in [-0.39, 0.29) is 0 Å². The lowest BCUT2D eigenvalue weighted by molar-refractivity contribution is 0.210. The molecule has 1 fully saturated rings. The first kappa shape index (κ1) is 16.5. The van der Waals surface area contributed by atoms with Gasteiger partial charge in [-0.2, -0.15) is 5.10 Å². The van der Waals surface area contributed by atoms with Gasteiger partial charge in [0.2, 0.25) is 0 Å². The molecule has 4 nitrogen and oxygen atoms in total. The summed E-state index contributed by atoms with van der Waals surface area (Å²) in [5, 5.41) is 7.98. The van der Waals surface area contributed by atoms with Gasteiger partial charge in [0.25, 0.3) is 0 Å². The largest absolute Gasteiger partial charge is 0.313 e. The fourth-order valence-corrected chi connectivity index (χ4v) is 3.72. The highest BCUT2D eigenvalue weighted by Gasteiger charge is 2.27. The molecule has 120 valence electrons. The molecule has 1 aliphatic rings. The van der Waals surface area contributed by atoms with Crippen LogP contribution in [0.5, 0.6) is 0 Å². The van der Waals surface area contributed by atoms with Crippen molar-refractivity contribution in [3.63, 3.8) is 0 Å². The SMILES string of the molecule is CCCNC(Cc1ncnn1C)C1CCC(CCC)CC1. The first-order valence-corrected chi connectivity index (χ1v) is 8.80. The molecule has 1 unspecified atom stereocenters. The Morgan fingerprint density at radius 3 is 2.57 bits per heavy atom. The van der Waals surface area contributed by atoms with Crippen LogP contribution in [-0.2, 0) is 13.5 Å². The molecule has 0 spiro atoms.